The topological polar surface area (TPSA) is 21.3 Å². The molecule has 2 heterocycles. The Morgan fingerprint density at radius 2 is 0.945 bits per heavy atom. The van der Waals surface area contributed by atoms with E-state index in [2.05, 4.69) is 216 Å². The van der Waals surface area contributed by atoms with E-state index in [0.29, 0.717) is 0 Å². The van der Waals surface area contributed by atoms with Gasteiger partial charge >= 0.3 is 0 Å². The van der Waals surface area contributed by atoms with Gasteiger partial charge in [-0.15, -0.1) is 0 Å². The molecule has 11 rings (SSSR count). The molecule has 0 radical (unpaired) electrons. The minimum Gasteiger partial charge on any atom is -0.455 e. The molecule has 9 aromatic carbocycles. The predicted octanol–water partition coefficient (Wildman–Crippen LogP) is 14.6. The van der Waals surface area contributed by atoms with E-state index < -0.39 is 0 Å². The van der Waals surface area contributed by atoms with Crippen molar-refractivity contribution in [2.75, 3.05) is 4.90 Å². The molecule has 2 aromatic heterocycles. The smallest absolute Gasteiger partial charge is 0.143 e. The van der Waals surface area contributed by atoms with Crippen LogP contribution < -0.4 is 4.90 Å². The molecule has 0 N–H and O–H groups in total. The number of aromatic nitrogens is 1. The molecule has 0 aliphatic heterocycles. The Labute approximate surface area is 318 Å². The fourth-order valence-electron chi connectivity index (χ4n) is 8.48. The number of rotatable bonds is 6. The van der Waals surface area contributed by atoms with Gasteiger partial charge in [0.1, 0.15) is 11.2 Å². The lowest BCUT2D eigenvalue weighted by molar-refractivity contribution is 0.670. The van der Waals surface area contributed by atoms with Gasteiger partial charge in [-0.2, -0.15) is 0 Å². The lowest BCUT2D eigenvalue weighted by atomic mass is 9.98. The van der Waals surface area contributed by atoms with Gasteiger partial charge < -0.3 is 13.9 Å². The number of anilines is 3. The summed E-state index contributed by atoms with van der Waals surface area (Å²) in [5.74, 6) is 0. The van der Waals surface area contributed by atoms with Gasteiger partial charge in [0.25, 0.3) is 0 Å². The van der Waals surface area contributed by atoms with Gasteiger partial charge in [-0.3, -0.25) is 0 Å². The normalized spacial score (nSPS) is 11.6. The van der Waals surface area contributed by atoms with Crippen LogP contribution in [0.3, 0.4) is 0 Å². The highest BCUT2D eigenvalue weighted by molar-refractivity contribution is 6.14. The maximum Gasteiger partial charge on any atom is 0.143 e. The van der Waals surface area contributed by atoms with E-state index in [-0.39, 0.29) is 0 Å². The third kappa shape index (κ3) is 5.05. The van der Waals surface area contributed by atoms with Crippen molar-refractivity contribution in [3.05, 3.63) is 206 Å². The summed E-state index contributed by atoms with van der Waals surface area (Å²) in [6, 6.07) is 73.8. The van der Waals surface area contributed by atoms with Crippen LogP contribution in [0, 0.1) is 0 Å². The van der Waals surface area contributed by atoms with Crippen LogP contribution in [0.25, 0.3) is 82.5 Å². The van der Waals surface area contributed by atoms with E-state index in [1.165, 1.54) is 38.1 Å². The number of hydrogen-bond donors (Lipinski definition) is 0. The van der Waals surface area contributed by atoms with Crippen LogP contribution in [0.4, 0.5) is 17.1 Å². The molecule has 0 unspecified atom stereocenters. The monoisotopic (exact) mass is 702 g/mol. The van der Waals surface area contributed by atoms with Gasteiger partial charge in [-0.1, -0.05) is 146 Å². The molecule has 0 aliphatic rings. The third-order valence-electron chi connectivity index (χ3n) is 11.0. The van der Waals surface area contributed by atoms with E-state index in [0.717, 1.165) is 61.4 Å². The molecule has 0 spiro atoms. The van der Waals surface area contributed by atoms with Crippen molar-refractivity contribution in [2.45, 2.75) is 0 Å². The first-order valence-corrected chi connectivity index (χ1v) is 18.8. The summed E-state index contributed by atoms with van der Waals surface area (Å²) in [5, 5.41) is 7.14. The summed E-state index contributed by atoms with van der Waals surface area (Å²) < 4.78 is 9.14. The molecule has 258 valence electrons. The Morgan fingerprint density at radius 3 is 1.71 bits per heavy atom. The number of furan rings is 1. The van der Waals surface area contributed by atoms with Crippen LogP contribution >= 0.6 is 0 Å². The van der Waals surface area contributed by atoms with E-state index in [9.17, 15) is 0 Å². The van der Waals surface area contributed by atoms with Crippen molar-refractivity contribution in [1.82, 2.24) is 4.57 Å². The van der Waals surface area contributed by atoms with Crippen LogP contribution in [-0.2, 0) is 0 Å². The van der Waals surface area contributed by atoms with Gasteiger partial charge in [0, 0.05) is 49.6 Å². The zero-order valence-corrected chi connectivity index (χ0v) is 29.9. The van der Waals surface area contributed by atoms with Gasteiger partial charge in [0.15, 0.2) is 0 Å². The highest BCUT2D eigenvalue weighted by Crippen LogP contribution is 2.45. The van der Waals surface area contributed by atoms with Crippen LogP contribution in [0.2, 0.25) is 0 Å². The van der Waals surface area contributed by atoms with E-state index in [4.69, 9.17) is 4.42 Å². The van der Waals surface area contributed by atoms with Crippen molar-refractivity contribution in [1.29, 1.82) is 0 Å². The highest BCUT2D eigenvalue weighted by Gasteiger charge is 2.21. The fourth-order valence-corrected chi connectivity index (χ4v) is 8.48. The van der Waals surface area contributed by atoms with Crippen molar-refractivity contribution >= 4 is 71.6 Å². The zero-order valence-electron chi connectivity index (χ0n) is 29.9. The number of nitrogens with zero attached hydrogens (tertiary/aromatic N) is 2. The molecular weight excluding hydrogens is 669 g/mol. The molecule has 0 bridgehead atoms. The van der Waals surface area contributed by atoms with Gasteiger partial charge in [-0.25, -0.2) is 0 Å². The SMILES string of the molecule is c1ccc(N(c2ccc(-c3ccccc3-n3c4ccccc4c4ccccc43)cc2)c2ccccc2-c2cccc3c2oc2cc4ccccc4cc23)cc1. The Hall–Kier alpha value is -7.36. The summed E-state index contributed by atoms with van der Waals surface area (Å²) in [4.78, 5) is 2.35. The van der Waals surface area contributed by atoms with Gasteiger partial charge in [0.2, 0.25) is 0 Å². The second-order valence-corrected chi connectivity index (χ2v) is 14.1. The highest BCUT2D eigenvalue weighted by atomic mass is 16.3. The van der Waals surface area contributed by atoms with Crippen LogP contribution in [-0.4, -0.2) is 4.57 Å². The number of para-hydroxylation sites is 6. The first-order valence-electron chi connectivity index (χ1n) is 18.8. The minimum atomic E-state index is 0.894. The van der Waals surface area contributed by atoms with Crippen LogP contribution in [0.1, 0.15) is 0 Å². The van der Waals surface area contributed by atoms with E-state index in [1.807, 2.05) is 0 Å². The average molecular weight is 703 g/mol. The second kappa shape index (κ2) is 12.6. The average Bonchev–Trinajstić information content (AvgIpc) is 3.79. The number of benzene rings is 9. The summed E-state index contributed by atoms with van der Waals surface area (Å²) in [5.41, 5.74) is 13.1. The number of fused-ring (bicyclic) bond motifs is 7. The lowest BCUT2D eigenvalue weighted by Crippen LogP contribution is -2.11. The Bertz CT molecular complexity index is 3150. The Balaban J connectivity index is 1.06. The lowest BCUT2D eigenvalue weighted by Gasteiger charge is -2.28. The van der Waals surface area contributed by atoms with E-state index >= 15 is 0 Å². The maximum absolute atomic E-state index is 6.73. The molecular formula is C52H34N2O. The van der Waals surface area contributed by atoms with Gasteiger partial charge in [-0.05, 0) is 77.0 Å². The minimum absolute atomic E-state index is 0.894. The van der Waals surface area contributed by atoms with Crippen molar-refractivity contribution < 1.29 is 4.42 Å². The maximum atomic E-state index is 6.73. The summed E-state index contributed by atoms with van der Waals surface area (Å²) >= 11 is 0. The quantitative estimate of drug-likeness (QED) is 0.172. The van der Waals surface area contributed by atoms with Crippen molar-refractivity contribution in [3.63, 3.8) is 0 Å². The predicted molar refractivity (Wildman–Crippen MR) is 231 cm³/mol. The molecule has 3 nitrogen and oxygen atoms in total. The Morgan fingerprint density at radius 1 is 0.382 bits per heavy atom. The van der Waals surface area contributed by atoms with Gasteiger partial charge in [0.05, 0.1) is 22.4 Å². The molecule has 55 heavy (non-hydrogen) atoms. The molecule has 0 amide bonds. The van der Waals surface area contributed by atoms with Crippen LogP contribution in [0.15, 0.2) is 211 Å². The van der Waals surface area contributed by atoms with Crippen molar-refractivity contribution in [2.24, 2.45) is 0 Å². The molecule has 0 aliphatic carbocycles. The standard InChI is InChI=1S/C52H34N2O/c1-2-17-38(18-3-1)53(48-26-11-9-22-43(48)44-23-14-24-45-46-33-36-15-4-5-16-37(36)34-51(46)55-52(44)45)39-31-29-35(30-32-39)40-19-6-10-25-47(40)54-49-27-12-7-20-41(49)42-21-8-13-28-50(42)54/h1-34H. The second-order valence-electron chi connectivity index (χ2n) is 14.1. The van der Waals surface area contributed by atoms with Crippen LogP contribution in [0.5, 0.6) is 0 Å². The molecule has 11 aromatic rings. The fraction of sp³-hybridized carbons (Fsp3) is 0. The molecule has 0 atom stereocenters. The molecule has 3 heteroatoms. The summed E-state index contributed by atoms with van der Waals surface area (Å²) in [6.07, 6.45) is 0. The number of hydrogen-bond acceptors (Lipinski definition) is 2. The molecule has 0 saturated heterocycles. The van der Waals surface area contributed by atoms with Crippen molar-refractivity contribution in [3.8, 4) is 27.9 Å². The Kier molecular flexibility index (Phi) is 7.17. The first kappa shape index (κ1) is 31.2. The summed E-state index contributed by atoms with van der Waals surface area (Å²) in [6.45, 7) is 0. The summed E-state index contributed by atoms with van der Waals surface area (Å²) in [7, 11) is 0. The largest absolute Gasteiger partial charge is 0.455 e. The third-order valence-corrected chi connectivity index (χ3v) is 11.0. The zero-order chi connectivity index (χ0) is 36.3. The molecule has 0 saturated carbocycles. The molecule has 0 fully saturated rings. The first-order chi connectivity index (χ1) is 27.3. The van der Waals surface area contributed by atoms with E-state index in [1.54, 1.807) is 0 Å².